The number of nitrogens with two attached hydrogens (primary N) is 1. The van der Waals surface area contributed by atoms with Gasteiger partial charge in [0.2, 0.25) is 0 Å². The number of hydrogen-bond acceptors (Lipinski definition) is 4. The third-order valence-electron chi connectivity index (χ3n) is 3.33. The highest BCUT2D eigenvalue weighted by molar-refractivity contribution is 9.10. The Balaban J connectivity index is 1.98. The van der Waals surface area contributed by atoms with Gasteiger partial charge in [0.05, 0.1) is 34.3 Å². The number of nitrogens with zero attached hydrogens (tertiary/aromatic N) is 4. The van der Waals surface area contributed by atoms with Gasteiger partial charge >= 0.3 is 0 Å². The monoisotopic (exact) mass is 346 g/mol. The number of hydrogen-bond donors (Lipinski definition) is 2. The summed E-state index contributed by atoms with van der Waals surface area (Å²) < 4.78 is 4.51. The Labute approximate surface area is 130 Å². The van der Waals surface area contributed by atoms with Crippen molar-refractivity contribution in [2.45, 2.75) is 6.04 Å². The summed E-state index contributed by atoms with van der Waals surface area (Å²) in [6, 6.07) is 9.75. The molecule has 2 heterocycles. The van der Waals surface area contributed by atoms with Crippen LogP contribution in [-0.2, 0) is 7.05 Å². The SMILES string of the molecule is Cn1ncc(Br)c1C(NN)c1cnn(-c2ccccc2)c1. The summed E-state index contributed by atoms with van der Waals surface area (Å²) in [4.78, 5) is 0. The molecule has 108 valence electrons. The van der Waals surface area contributed by atoms with Crippen molar-refractivity contribution in [2.24, 2.45) is 12.9 Å². The second-order valence-corrected chi connectivity index (χ2v) is 5.51. The van der Waals surface area contributed by atoms with Gasteiger partial charge < -0.3 is 0 Å². The van der Waals surface area contributed by atoms with E-state index < -0.39 is 0 Å². The van der Waals surface area contributed by atoms with Gasteiger partial charge in [-0.15, -0.1) is 0 Å². The first-order chi connectivity index (χ1) is 10.2. The summed E-state index contributed by atoms with van der Waals surface area (Å²) in [6.07, 6.45) is 5.51. The summed E-state index contributed by atoms with van der Waals surface area (Å²) >= 11 is 3.50. The lowest BCUT2D eigenvalue weighted by Gasteiger charge is -2.15. The van der Waals surface area contributed by atoms with Crippen LogP contribution in [0.5, 0.6) is 0 Å². The molecule has 0 fully saturated rings. The Morgan fingerprint density at radius 1 is 1.19 bits per heavy atom. The van der Waals surface area contributed by atoms with Crippen LogP contribution in [0.2, 0.25) is 0 Å². The van der Waals surface area contributed by atoms with Gasteiger partial charge in [0.1, 0.15) is 0 Å². The number of benzene rings is 1. The highest BCUT2D eigenvalue weighted by Gasteiger charge is 2.21. The molecule has 3 aromatic rings. The third kappa shape index (κ3) is 2.63. The number of aromatic nitrogens is 4. The summed E-state index contributed by atoms with van der Waals surface area (Å²) in [5.41, 5.74) is 5.74. The lowest BCUT2D eigenvalue weighted by atomic mass is 10.1. The molecule has 3 rings (SSSR count). The van der Waals surface area contributed by atoms with Crippen molar-refractivity contribution in [3.8, 4) is 5.69 Å². The fourth-order valence-electron chi connectivity index (χ4n) is 2.29. The van der Waals surface area contributed by atoms with E-state index in [1.165, 1.54) is 0 Å². The van der Waals surface area contributed by atoms with Crippen molar-refractivity contribution in [1.29, 1.82) is 0 Å². The van der Waals surface area contributed by atoms with Crippen molar-refractivity contribution in [3.05, 3.63) is 64.7 Å². The minimum atomic E-state index is -0.190. The molecule has 0 saturated carbocycles. The lowest BCUT2D eigenvalue weighted by molar-refractivity contribution is 0.573. The van der Waals surface area contributed by atoms with Crippen LogP contribution in [0.15, 0.2) is 53.4 Å². The van der Waals surface area contributed by atoms with E-state index in [1.54, 1.807) is 17.1 Å². The molecule has 7 heteroatoms. The van der Waals surface area contributed by atoms with E-state index >= 15 is 0 Å². The second kappa shape index (κ2) is 5.80. The van der Waals surface area contributed by atoms with Crippen molar-refractivity contribution < 1.29 is 0 Å². The molecule has 1 aromatic carbocycles. The smallest absolute Gasteiger partial charge is 0.0920 e. The molecule has 0 aliphatic carbocycles. The second-order valence-electron chi connectivity index (χ2n) is 4.65. The Morgan fingerprint density at radius 3 is 2.57 bits per heavy atom. The summed E-state index contributed by atoms with van der Waals surface area (Å²) in [6.45, 7) is 0. The molecule has 0 radical (unpaired) electrons. The maximum absolute atomic E-state index is 5.73. The van der Waals surface area contributed by atoms with Gasteiger partial charge in [-0.3, -0.25) is 10.5 Å². The largest absolute Gasteiger partial charge is 0.271 e. The molecule has 0 bridgehead atoms. The molecular formula is C14H15BrN6. The topological polar surface area (TPSA) is 73.7 Å². The van der Waals surface area contributed by atoms with Crippen molar-refractivity contribution >= 4 is 15.9 Å². The Bertz CT molecular complexity index is 714. The number of para-hydroxylation sites is 1. The van der Waals surface area contributed by atoms with Gasteiger partial charge in [0, 0.05) is 18.8 Å². The number of aryl methyl sites for hydroxylation is 1. The van der Waals surface area contributed by atoms with E-state index in [1.807, 2.05) is 48.3 Å². The van der Waals surface area contributed by atoms with Crippen molar-refractivity contribution in [2.75, 3.05) is 0 Å². The zero-order valence-corrected chi connectivity index (χ0v) is 13.0. The fraction of sp³-hybridized carbons (Fsp3) is 0.143. The molecule has 21 heavy (non-hydrogen) atoms. The Morgan fingerprint density at radius 2 is 1.95 bits per heavy atom. The van der Waals surface area contributed by atoms with Crippen LogP contribution in [0.25, 0.3) is 5.69 Å². The van der Waals surface area contributed by atoms with Crippen LogP contribution in [-0.4, -0.2) is 19.6 Å². The number of halogens is 1. The molecule has 3 N–H and O–H groups in total. The van der Waals surface area contributed by atoms with E-state index in [2.05, 4.69) is 31.6 Å². The van der Waals surface area contributed by atoms with Crippen LogP contribution >= 0.6 is 15.9 Å². The van der Waals surface area contributed by atoms with Crippen LogP contribution in [0, 0.1) is 0 Å². The van der Waals surface area contributed by atoms with Gasteiger partial charge in [-0.25, -0.2) is 10.1 Å². The molecule has 1 unspecified atom stereocenters. The van der Waals surface area contributed by atoms with E-state index in [4.69, 9.17) is 5.84 Å². The minimum absolute atomic E-state index is 0.190. The van der Waals surface area contributed by atoms with Gasteiger partial charge in [-0.05, 0) is 28.1 Å². The standard InChI is InChI=1S/C14H15BrN6/c1-20-14(12(15)8-17-20)13(19-16)10-7-18-21(9-10)11-5-3-2-4-6-11/h2-9,13,19H,16H2,1H3. The predicted octanol–water partition coefficient (Wildman–Crippen LogP) is 1.92. The van der Waals surface area contributed by atoms with Crippen molar-refractivity contribution in [3.63, 3.8) is 0 Å². The van der Waals surface area contributed by atoms with Crippen LogP contribution < -0.4 is 11.3 Å². The zero-order chi connectivity index (χ0) is 14.8. The lowest BCUT2D eigenvalue weighted by Crippen LogP contribution is -2.30. The van der Waals surface area contributed by atoms with Gasteiger partial charge in [0.25, 0.3) is 0 Å². The molecule has 0 aliphatic heterocycles. The molecule has 6 nitrogen and oxygen atoms in total. The predicted molar refractivity (Wildman–Crippen MR) is 83.6 cm³/mol. The molecule has 1 atom stereocenters. The van der Waals surface area contributed by atoms with E-state index in [0.717, 1.165) is 21.4 Å². The zero-order valence-electron chi connectivity index (χ0n) is 11.4. The van der Waals surface area contributed by atoms with E-state index in [-0.39, 0.29) is 6.04 Å². The van der Waals surface area contributed by atoms with Gasteiger partial charge in [0.15, 0.2) is 0 Å². The Hall–Kier alpha value is -1.96. The normalized spacial score (nSPS) is 12.5. The molecule has 0 spiro atoms. The number of nitrogens with one attached hydrogen (secondary N) is 1. The molecule has 2 aromatic heterocycles. The average Bonchev–Trinajstić information content (AvgIpc) is 3.11. The molecule has 0 amide bonds. The first kappa shape index (κ1) is 14.0. The quantitative estimate of drug-likeness (QED) is 0.559. The maximum atomic E-state index is 5.73. The highest BCUT2D eigenvalue weighted by Crippen LogP contribution is 2.27. The highest BCUT2D eigenvalue weighted by atomic mass is 79.9. The van der Waals surface area contributed by atoms with Crippen LogP contribution in [0.4, 0.5) is 0 Å². The number of hydrazine groups is 1. The first-order valence-electron chi connectivity index (χ1n) is 6.44. The van der Waals surface area contributed by atoms with Crippen LogP contribution in [0.1, 0.15) is 17.3 Å². The summed E-state index contributed by atoms with van der Waals surface area (Å²) in [7, 11) is 1.88. The van der Waals surface area contributed by atoms with E-state index in [9.17, 15) is 0 Å². The summed E-state index contributed by atoms with van der Waals surface area (Å²) in [5.74, 6) is 5.73. The minimum Gasteiger partial charge on any atom is -0.271 e. The van der Waals surface area contributed by atoms with Gasteiger partial charge in [-0.2, -0.15) is 10.2 Å². The third-order valence-corrected chi connectivity index (χ3v) is 3.95. The van der Waals surface area contributed by atoms with E-state index in [0.29, 0.717) is 0 Å². The average molecular weight is 347 g/mol. The Kier molecular flexibility index (Phi) is 3.87. The molecule has 0 aliphatic rings. The fourth-order valence-corrected chi connectivity index (χ4v) is 2.86. The van der Waals surface area contributed by atoms with Gasteiger partial charge in [-0.1, -0.05) is 18.2 Å². The van der Waals surface area contributed by atoms with Crippen molar-refractivity contribution in [1.82, 2.24) is 25.0 Å². The molecule has 0 saturated heterocycles. The maximum Gasteiger partial charge on any atom is 0.0920 e. The first-order valence-corrected chi connectivity index (χ1v) is 7.23. The molecular weight excluding hydrogens is 332 g/mol. The van der Waals surface area contributed by atoms with Crippen LogP contribution in [0.3, 0.4) is 0 Å². The summed E-state index contributed by atoms with van der Waals surface area (Å²) in [5, 5.41) is 8.62. The number of rotatable bonds is 4.